The molecule has 0 saturated carbocycles. The van der Waals surface area contributed by atoms with Crippen molar-refractivity contribution in [3.8, 4) is 0 Å². The number of nitrogens with one attached hydrogen (secondary N) is 2. The standard InChI is InChI=1S/C12H15N3O2S2/c1-9(13-2)10-3-5-11(6-4-10)19(16,17)15-12-14-7-8-18-12/h3-9,13H,1-2H3,(H,14,15). The van der Waals surface area contributed by atoms with Crippen LogP contribution in [0, 0.1) is 0 Å². The van der Waals surface area contributed by atoms with Gasteiger partial charge in [0.15, 0.2) is 5.13 Å². The van der Waals surface area contributed by atoms with Crippen molar-refractivity contribution in [2.45, 2.75) is 17.9 Å². The molecule has 1 aromatic heterocycles. The lowest BCUT2D eigenvalue weighted by Gasteiger charge is -2.11. The maximum atomic E-state index is 12.1. The van der Waals surface area contributed by atoms with Gasteiger partial charge in [-0.15, -0.1) is 11.3 Å². The van der Waals surface area contributed by atoms with Crippen molar-refractivity contribution < 1.29 is 8.42 Å². The largest absolute Gasteiger partial charge is 0.313 e. The first kappa shape index (κ1) is 14.0. The zero-order valence-corrected chi connectivity index (χ0v) is 12.3. The summed E-state index contributed by atoms with van der Waals surface area (Å²) in [6.07, 6.45) is 1.56. The van der Waals surface area contributed by atoms with Crippen LogP contribution in [0.15, 0.2) is 40.7 Å². The Morgan fingerprint density at radius 3 is 2.47 bits per heavy atom. The lowest BCUT2D eigenvalue weighted by Crippen LogP contribution is -2.14. The van der Waals surface area contributed by atoms with Crippen LogP contribution in [0.1, 0.15) is 18.5 Å². The fourth-order valence-electron chi connectivity index (χ4n) is 1.55. The number of aromatic nitrogens is 1. The van der Waals surface area contributed by atoms with E-state index >= 15 is 0 Å². The summed E-state index contributed by atoms with van der Waals surface area (Å²) in [6, 6.07) is 6.98. The predicted octanol–water partition coefficient (Wildman–Crippen LogP) is 2.22. The molecule has 102 valence electrons. The molecular weight excluding hydrogens is 282 g/mol. The lowest BCUT2D eigenvalue weighted by molar-refractivity contribution is 0.600. The minimum atomic E-state index is -3.55. The third-order valence-corrected chi connectivity index (χ3v) is 4.95. The molecule has 1 unspecified atom stereocenters. The van der Waals surface area contributed by atoms with E-state index in [0.29, 0.717) is 5.13 Å². The predicted molar refractivity (Wildman–Crippen MR) is 76.8 cm³/mol. The molecule has 2 rings (SSSR count). The Labute approximate surface area is 116 Å². The molecule has 2 N–H and O–H groups in total. The first-order valence-corrected chi connectivity index (χ1v) is 8.09. The van der Waals surface area contributed by atoms with Crippen LogP contribution >= 0.6 is 11.3 Å². The van der Waals surface area contributed by atoms with Gasteiger partial charge in [-0.3, -0.25) is 4.72 Å². The Hall–Kier alpha value is -1.44. The number of thiazole rings is 1. The SMILES string of the molecule is CNC(C)c1ccc(S(=O)(=O)Nc2nccs2)cc1. The van der Waals surface area contributed by atoms with E-state index in [1.54, 1.807) is 35.8 Å². The zero-order valence-electron chi connectivity index (χ0n) is 10.6. The number of sulfonamides is 1. The quantitative estimate of drug-likeness (QED) is 0.888. The Bertz CT molecular complexity index is 622. The van der Waals surface area contributed by atoms with Gasteiger partial charge in [-0.2, -0.15) is 0 Å². The van der Waals surface area contributed by atoms with Gasteiger partial charge in [0.1, 0.15) is 0 Å². The summed E-state index contributed by atoms with van der Waals surface area (Å²) in [7, 11) is -1.69. The fourth-order valence-corrected chi connectivity index (χ4v) is 3.34. The van der Waals surface area contributed by atoms with Gasteiger partial charge in [0.25, 0.3) is 10.0 Å². The second-order valence-electron chi connectivity index (χ2n) is 4.02. The first-order chi connectivity index (χ1) is 9.03. The van der Waals surface area contributed by atoms with Crippen molar-refractivity contribution in [3.05, 3.63) is 41.4 Å². The van der Waals surface area contributed by atoms with Crippen molar-refractivity contribution in [1.82, 2.24) is 10.3 Å². The number of nitrogens with zero attached hydrogens (tertiary/aromatic N) is 1. The second-order valence-corrected chi connectivity index (χ2v) is 6.60. The summed E-state index contributed by atoms with van der Waals surface area (Å²) in [5.74, 6) is 0. The van der Waals surface area contributed by atoms with Crippen LogP contribution in [-0.2, 0) is 10.0 Å². The molecule has 0 saturated heterocycles. The van der Waals surface area contributed by atoms with E-state index in [-0.39, 0.29) is 10.9 Å². The van der Waals surface area contributed by atoms with Crippen LogP contribution in [0.25, 0.3) is 0 Å². The summed E-state index contributed by atoms with van der Waals surface area (Å²) in [5.41, 5.74) is 1.04. The number of rotatable bonds is 5. The average Bonchev–Trinajstić information content (AvgIpc) is 2.90. The van der Waals surface area contributed by atoms with E-state index in [2.05, 4.69) is 15.0 Å². The van der Waals surface area contributed by atoms with Crippen molar-refractivity contribution in [2.75, 3.05) is 11.8 Å². The van der Waals surface area contributed by atoms with Gasteiger partial charge in [-0.1, -0.05) is 12.1 Å². The molecule has 1 heterocycles. The Morgan fingerprint density at radius 2 is 1.95 bits per heavy atom. The van der Waals surface area contributed by atoms with E-state index in [9.17, 15) is 8.42 Å². The number of benzene rings is 1. The minimum Gasteiger partial charge on any atom is -0.313 e. The molecule has 1 atom stereocenters. The van der Waals surface area contributed by atoms with Gasteiger partial charge in [0.05, 0.1) is 4.90 Å². The Balaban J connectivity index is 2.21. The van der Waals surface area contributed by atoms with Crippen LogP contribution in [0.5, 0.6) is 0 Å². The van der Waals surface area contributed by atoms with E-state index in [1.165, 1.54) is 11.3 Å². The number of hydrogen-bond donors (Lipinski definition) is 2. The molecule has 0 aliphatic carbocycles. The van der Waals surface area contributed by atoms with E-state index < -0.39 is 10.0 Å². The minimum absolute atomic E-state index is 0.184. The summed E-state index contributed by atoms with van der Waals surface area (Å²) in [4.78, 5) is 4.14. The van der Waals surface area contributed by atoms with E-state index in [1.807, 2.05) is 14.0 Å². The van der Waals surface area contributed by atoms with Crippen molar-refractivity contribution in [3.63, 3.8) is 0 Å². The summed E-state index contributed by atoms with van der Waals surface area (Å²) >= 11 is 1.24. The highest BCUT2D eigenvalue weighted by Gasteiger charge is 2.15. The Kier molecular flexibility index (Phi) is 4.18. The molecule has 0 spiro atoms. The first-order valence-electron chi connectivity index (χ1n) is 5.72. The van der Waals surface area contributed by atoms with Crippen molar-refractivity contribution >= 4 is 26.5 Å². The molecule has 7 heteroatoms. The molecule has 0 bridgehead atoms. The Morgan fingerprint density at radius 1 is 1.26 bits per heavy atom. The molecule has 5 nitrogen and oxygen atoms in total. The molecule has 0 radical (unpaired) electrons. The van der Waals surface area contributed by atoms with Crippen LogP contribution < -0.4 is 10.0 Å². The summed E-state index contributed by atoms with van der Waals surface area (Å²) in [5, 5.41) is 5.19. The van der Waals surface area contributed by atoms with Crippen molar-refractivity contribution in [2.24, 2.45) is 0 Å². The molecular formula is C12H15N3O2S2. The van der Waals surface area contributed by atoms with Gasteiger partial charge in [-0.25, -0.2) is 13.4 Å². The molecule has 19 heavy (non-hydrogen) atoms. The highest BCUT2D eigenvalue weighted by molar-refractivity contribution is 7.93. The van der Waals surface area contributed by atoms with Crippen LogP contribution in [0.2, 0.25) is 0 Å². The maximum Gasteiger partial charge on any atom is 0.263 e. The third kappa shape index (κ3) is 3.31. The van der Waals surface area contributed by atoms with Gasteiger partial charge in [0, 0.05) is 17.6 Å². The summed E-state index contributed by atoms with van der Waals surface area (Å²) < 4.78 is 26.6. The lowest BCUT2D eigenvalue weighted by atomic mass is 10.1. The average molecular weight is 297 g/mol. The monoisotopic (exact) mass is 297 g/mol. The molecule has 1 aromatic carbocycles. The topological polar surface area (TPSA) is 71.1 Å². The zero-order chi connectivity index (χ0) is 13.9. The number of anilines is 1. The second kappa shape index (κ2) is 5.68. The van der Waals surface area contributed by atoms with Crippen LogP contribution in [-0.4, -0.2) is 20.4 Å². The molecule has 0 aliphatic rings. The van der Waals surface area contributed by atoms with Crippen LogP contribution in [0.4, 0.5) is 5.13 Å². The van der Waals surface area contributed by atoms with E-state index in [4.69, 9.17) is 0 Å². The van der Waals surface area contributed by atoms with Gasteiger partial charge >= 0.3 is 0 Å². The van der Waals surface area contributed by atoms with Gasteiger partial charge in [0.2, 0.25) is 0 Å². The smallest absolute Gasteiger partial charge is 0.263 e. The third-order valence-electron chi connectivity index (χ3n) is 2.78. The normalized spacial score (nSPS) is 13.2. The van der Waals surface area contributed by atoms with Gasteiger partial charge in [-0.05, 0) is 31.7 Å². The number of hydrogen-bond acceptors (Lipinski definition) is 5. The molecule has 0 aliphatic heterocycles. The molecule has 2 aromatic rings. The summed E-state index contributed by atoms with van der Waals surface area (Å²) in [6.45, 7) is 2.01. The molecule has 0 fully saturated rings. The van der Waals surface area contributed by atoms with Crippen LogP contribution in [0.3, 0.4) is 0 Å². The fraction of sp³-hybridized carbons (Fsp3) is 0.250. The highest BCUT2D eigenvalue weighted by Crippen LogP contribution is 2.20. The van der Waals surface area contributed by atoms with Gasteiger partial charge < -0.3 is 5.32 Å². The molecule has 0 amide bonds. The highest BCUT2D eigenvalue weighted by atomic mass is 32.2. The van der Waals surface area contributed by atoms with E-state index in [0.717, 1.165) is 5.56 Å². The van der Waals surface area contributed by atoms with Crippen molar-refractivity contribution in [1.29, 1.82) is 0 Å². The maximum absolute atomic E-state index is 12.1.